The van der Waals surface area contributed by atoms with Crippen molar-refractivity contribution >= 4 is 79.4 Å². The number of hydrogen-bond donors (Lipinski definition) is 6. The van der Waals surface area contributed by atoms with Crippen LogP contribution in [-0.4, -0.2) is 88.3 Å². The summed E-state index contributed by atoms with van der Waals surface area (Å²) in [4.78, 5) is 43.6. The lowest BCUT2D eigenvalue weighted by Gasteiger charge is -2.14. The number of halogens is 4. The Labute approximate surface area is 385 Å². The molecule has 8 aromatic rings. The number of aromatic nitrogens is 8. The van der Waals surface area contributed by atoms with Crippen LogP contribution in [0.15, 0.2) is 73.6 Å². The highest BCUT2D eigenvalue weighted by Gasteiger charge is 2.29. The summed E-state index contributed by atoms with van der Waals surface area (Å²) in [5.41, 5.74) is 28.5. The number of nitrogens with one attached hydrogen (secondary N) is 2. The van der Waals surface area contributed by atoms with Crippen LogP contribution < -0.4 is 33.6 Å². The van der Waals surface area contributed by atoms with Crippen LogP contribution in [0.4, 0.5) is 63.6 Å². The summed E-state index contributed by atoms with van der Waals surface area (Å²) in [5, 5.41) is 16.8. The van der Waals surface area contributed by atoms with E-state index in [0.717, 1.165) is 0 Å². The first-order valence-corrected chi connectivity index (χ1v) is 21.1. The molecular formula is C46H44F4N16O2. The number of anilines is 8. The fourth-order valence-corrected chi connectivity index (χ4v) is 8.12. The summed E-state index contributed by atoms with van der Waals surface area (Å²) in [6, 6.07) is 9.81. The number of fused-ring (bicyclic) bond motifs is 4. The zero-order chi connectivity index (χ0) is 48.3. The number of pyridine rings is 4. The molecule has 0 unspecified atom stereocenters. The van der Waals surface area contributed by atoms with Crippen molar-refractivity contribution in [3.05, 3.63) is 108 Å². The SMILES string of the molecule is Cc1c(N)cncc1-c1cc2cc(Nc3cc4n(n3)CC(=O)N(C)C[C@@H]4F)ncc2c(N)c1F.Cc1c(N)cncc1-c1cc2cc(Nc3cc4n(n3)CC(=O)N(C)C[C@H]4F)ncc2c(N)c1F. The highest BCUT2D eigenvalue weighted by Crippen LogP contribution is 2.38. The number of hydrogen-bond acceptors (Lipinski definition) is 14. The van der Waals surface area contributed by atoms with Crippen molar-refractivity contribution in [1.29, 1.82) is 0 Å². The molecule has 68 heavy (non-hydrogen) atoms. The summed E-state index contributed by atoms with van der Waals surface area (Å²) in [6.45, 7) is 3.40. The number of likely N-dealkylation sites (N-methyl/N-ethyl adjacent to an activating group) is 2. The van der Waals surface area contributed by atoms with Gasteiger partial charge in [-0.3, -0.25) is 28.9 Å². The normalized spacial score (nSPS) is 15.9. The van der Waals surface area contributed by atoms with Crippen molar-refractivity contribution in [3.63, 3.8) is 0 Å². The lowest BCUT2D eigenvalue weighted by atomic mass is 9.97. The van der Waals surface area contributed by atoms with E-state index in [1.807, 2.05) is 0 Å². The zero-order valence-corrected chi connectivity index (χ0v) is 37.0. The maximum Gasteiger partial charge on any atom is 0.244 e. The molecule has 2 amide bonds. The zero-order valence-electron chi connectivity index (χ0n) is 37.0. The summed E-state index contributed by atoms with van der Waals surface area (Å²) >= 11 is 0. The van der Waals surface area contributed by atoms with E-state index in [1.165, 1.54) is 44.0 Å². The first-order valence-electron chi connectivity index (χ1n) is 21.1. The monoisotopic (exact) mass is 928 g/mol. The topological polar surface area (TPSA) is 256 Å². The molecule has 8 heterocycles. The van der Waals surface area contributed by atoms with E-state index in [0.29, 0.717) is 89.8 Å². The fraction of sp³-hybridized carbons (Fsp3) is 0.217. The highest BCUT2D eigenvalue weighted by atomic mass is 19.1. The molecule has 10 N–H and O–H groups in total. The highest BCUT2D eigenvalue weighted by molar-refractivity contribution is 6.00. The number of nitrogen functional groups attached to an aromatic ring is 4. The van der Waals surface area contributed by atoms with Gasteiger partial charge in [0.15, 0.2) is 35.6 Å². The molecule has 2 aliphatic heterocycles. The molecule has 0 aliphatic carbocycles. The van der Waals surface area contributed by atoms with E-state index in [2.05, 4.69) is 40.8 Å². The fourth-order valence-electron chi connectivity index (χ4n) is 8.12. The smallest absolute Gasteiger partial charge is 0.244 e. The first kappa shape index (κ1) is 44.6. The van der Waals surface area contributed by atoms with Gasteiger partial charge in [0.05, 0.1) is 59.6 Å². The molecule has 0 spiro atoms. The molecular weight excluding hydrogens is 885 g/mol. The van der Waals surface area contributed by atoms with Gasteiger partial charge in [0.1, 0.15) is 24.7 Å². The number of carbonyl (C=O) groups excluding carboxylic acids is 2. The van der Waals surface area contributed by atoms with Crippen LogP contribution in [0.2, 0.25) is 0 Å². The van der Waals surface area contributed by atoms with Crippen LogP contribution in [0.1, 0.15) is 34.9 Å². The third-order valence-electron chi connectivity index (χ3n) is 12.2. The first-order chi connectivity index (χ1) is 32.4. The van der Waals surface area contributed by atoms with Gasteiger partial charge in [-0.05, 0) is 60.0 Å². The largest absolute Gasteiger partial charge is 0.397 e. The third-order valence-corrected chi connectivity index (χ3v) is 12.2. The standard InChI is InChI=1S/2C23H22F2N8O/c2*1-11-14(6-28-8-17(11)26)13-3-12-4-19(29-7-15(12)23(27)22(13)25)30-20-5-18-16(24)9-32(2)21(34)10-33(18)31-20/h2*3-8,16H,9-10,26-27H2,1-2H3,(H,29,30,31)/t2*16-/m10/s1. The average molecular weight is 929 g/mol. The number of rotatable bonds is 6. The second-order valence-electron chi connectivity index (χ2n) is 16.6. The van der Waals surface area contributed by atoms with Crippen molar-refractivity contribution in [2.24, 2.45) is 0 Å². The second-order valence-corrected chi connectivity index (χ2v) is 16.6. The van der Waals surface area contributed by atoms with E-state index in [1.54, 1.807) is 76.7 Å². The molecule has 22 heteroatoms. The minimum absolute atomic E-state index is 0.0371. The van der Waals surface area contributed by atoms with Gasteiger partial charge < -0.3 is 43.4 Å². The average Bonchev–Trinajstić information content (AvgIpc) is 3.85. The minimum atomic E-state index is -1.36. The number of nitrogens with two attached hydrogens (primary N) is 4. The number of alkyl halides is 2. The molecule has 2 atom stereocenters. The molecule has 0 saturated heterocycles. The van der Waals surface area contributed by atoms with Gasteiger partial charge in [-0.25, -0.2) is 27.5 Å². The number of benzene rings is 2. The quantitative estimate of drug-likeness (QED) is 0.0753. The maximum atomic E-state index is 15.1. The van der Waals surface area contributed by atoms with E-state index in [9.17, 15) is 18.4 Å². The van der Waals surface area contributed by atoms with E-state index in [4.69, 9.17) is 22.9 Å². The van der Waals surface area contributed by atoms with Gasteiger partial charge in [-0.1, -0.05) is 0 Å². The minimum Gasteiger partial charge on any atom is -0.397 e. The van der Waals surface area contributed by atoms with Crippen LogP contribution in [0.5, 0.6) is 0 Å². The van der Waals surface area contributed by atoms with Crippen LogP contribution in [0, 0.1) is 25.5 Å². The maximum absolute atomic E-state index is 15.1. The van der Waals surface area contributed by atoms with Gasteiger partial charge in [0, 0.05) is 84.0 Å². The summed E-state index contributed by atoms with van der Waals surface area (Å²) in [6.07, 6.45) is 6.30. The Morgan fingerprint density at radius 1 is 0.559 bits per heavy atom. The molecule has 10 rings (SSSR count). The molecule has 0 radical (unpaired) electrons. The van der Waals surface area contributed by atoms with Crippen molar-refractivity contribution in [2.45, 2.75) is 39.3 Å². The molecule has 0 bridgehead atoms. The predicted octanol–water partition coefficient (Wildman–Crippen LogP) is 6.66. The van der Waals surface area contributed by atoms with E-state index < -0.39 is 24.0 Å². The van der Waals surface area contributed by atoms with Gasteiger partial charge in [0.2, 0.25) is 11.8 Å². The van der Waals surface area contributed by atoms with Gasteiger partial charge >= 0.3 is 0 Å². The third kappa shape index (κ3) is 8.19. The molecule has 6 aromatic heterocycles. The summed E-state index contributed by atoms with van der Waals surface area (Å²) in [7, 11) is 3.12. The number of nitrogens with zero attached hydrogens (tertiary/aromatic N) is 10. The second kappa shape index (κ2) is 17.3. The van der Waals surface area contributed by atoms with Gasteiger partial charge in [-0.2, -0.15) is 10.2 Å². The van der Waals surface area contributed by atoms with Crippen LogP contribution in [0.25, 0.3) is 43.8 Å². The Morgan fingerprint density at radius 2 is 0.956 bits per heavy atom. The molecule has 0 saturated carbocycles. The molecule has 0 fully saturated rings. The lowest BCUT2D eigenvalue weighted by molar-refractivity contribution is -0.131. The van der Waals surface area contributed by atoms with Gasteiger partial charge in [0.25, 0.3) is 0 Å². The van der Waals surface area contributed by atoms with Crippen LogP contribution in [0.3, 0.4) is 0 Å². The number of amides is 2. The predicted molar refractivity (Wildman–Crippen MR) is 251 cm³/mol. The molecule has 2 aliphatic rings. The Balaban J connectivity index is 0.000000170. The Bertz CT molecular complexity index is 3120. The molecule has 18 nitrogen and oxygen atoms in total. The van der Waals surface area contributed by atoms with Crippen molar-refractivity contribution in [3.8, 4) is 22.3 Å². The van der Waals surface area contributed by atoms with Crippen LogP contribution in [-0.2, 0) is 22.7 Å². The van der Waals surface area contributed by atoms with Crippen molar-refractivity contribution in [2.75, 3.05) is 60.8 Å². The Kier molecular flexibility index (Phi) is 11.4. The summed E-state index contributed by atoms with van der Waals surface area (Å²) in [5.74, 6) is -0.120. The Hall–Kier alpha value is -8.56. The van der Waals surface area contributed by atoms with Crippen molar-refractivity contribution in [1.82, 2.24) is 49.3 Å². The van der Waals surface area contributed by atoms with E-state index in [-0.39, 0.29) is 60.5 Å². The summed E-state index contributed by atoms with van der Waals surface area (Å²) < 4.78 is 62.2. The Morgan fingerprint density at radius 3 is 1.35 bits per heavy atom. The van der Waals surface area contributed by atoms with Crippen molar-refractivity contribution < 1.29 is 27.2 Å². The number of carbonyl (C=O) groups is 2. The van der Waals surface area contributed by atoms with Gasteiger partial charge in [-0.15, -0.1) is 0 Å². The van der Waals surface area contributed by atoms with Crippen LogP contribution >= 0.6 is 0 Å². The molecule has 2 aromatic carbocycles. The van der Waals surface area contributed by atoms with E-state index >= 15 is 8.78 Å². The molecule has 348 valence electrons. The lowest BCUT2D eigenvalue weighted by Crippen LogP contribution is -2.29.